The van der Waals surface area contributed by atoms with Gasteiger partial charge in [-0.25, -0.2) is 0 Å². The normalized spacial score (nSPS) is 34.0. The Hall–Kier alpha value is -1.80. The van der Waals surface area contributed by atoms with Crippen LogP contribution in [0, 0.1) is 22.7 Å². The van der Waals surface area contributed by atoms with Gasteiger partial charge >= 0.3 is 0 Å². The first kappa shape index (κ1) is 21.4. The highest BCUT2D eigenvalue weighted by molar-refractivity contribution is 5.83. The number of hydrogen-bond acceptors (Lipinski definition) is 1. The Morgan fingerprint density at radius 2 is 2.03 bits per heavy atom. The number of benzene rings is 1. The standard InChI is InChI=1S/C28H39NO/c1-19(2)9-8-15-28-24(17-22-18-29-25-11-7-6-10-23(22)25)20(3)14-16-27(28,5)21(4)12-13-26(28)30/h6-7,9-11,18,21,24,26,29-30H,3,8,12-17H2,1-2,4-5H3/t21-,24?,26+,27+,28-/m1/s1. The van der Waals surface area contributed by atoms with Crippen LogP contribution in [-0.2, 0) is 6.42 Å². The molecule has 162 valence electrons. The molecule has 1 aromatic carbocycles. The Morgan fingerprint density at radius 3 is 2.80 bits per heavy atom. The van der Waals surface area contributed by atoms with Gasteiger partial charge in [-0.05, 0) is 87.7 Å². The number of hydrogen-bond donors (Lipinski definition) is 2. The molecule has 0 saturated heterocycles. The number of H-pyrrole nitrogens is 1. The van der Waals surface area contributed by atoms with Gasteiger partial charge in [0.1, 0.15) is 0 Å². The van der Waals surface area contributed by atoms with Crippen molar-refractivity contribution in [3.63, 3.8) is 0 Å². The molecule has 5 atom stereocenters. The molecule has 1 aromatic heterocycles. The average molecular weight is 406 g/mol. The smallest absolute Gasteiger partial charge is 0.0607 e. The minimum absolute atomic E-state index is 0.107. The second-order valence-electron chi connectivity index (χ2n) is 10.5. The van der Waals surface area contributed by atoms with E-state index in [2.05, 4.69) is 75.8 Å². The van der Waals surface area contributed by atoms with Crippen LogP contribution in [0.1, 0.15) is 71.8 Å². The third-order valence-corrected chi connectivity index (χ3v) is 8.91. The number of fused-ring (bicyclic) bond motifs is 2. The first-order valence-corrected chi connectivity index (χ1v) is 11.8. The number of para-hydroxylation sites is 1. The molecular formula is C28H39NO. The maximum atomic E-state index is 11.7. The third-order valence-electron chi connectivity index (χ3n) is 8.91. The molecule has 2 N–H and O–H groups in total. The van der Waals surface area contributed by atoms with E-state index >= 15 is 0 Å². The molecule has 2 aromatic rings. The molecule has 2 aliphatic carbocycles. The van der Waals surface area contributed by atoms with Crippen molar-refractivity contribution in [1.29, 1.82) is 0 Å². The van der Waals surface area contributed by atoms with Gasteiger partial charge in [0.05, 0.1) is 6.10 Å². The van der Waals surface area contributed by atoms with Gasteiger partial charge in [-0.3, -0.25) is 0 Å². The van der Waals surface area contributed by atoms with E-state index in [9.17, 15) is 5.11 Å². The molecule has 30 heavy (non-hydrogen) atoms. The van der Waals surface area contributed by atoms with Crippen LogP contribution in [0.4, 0.5) is 0 Å². The van der Waals surface area contributed by atoms with Gasteiger partial charge in [-0.15, -0.1) is 0 Å². The molecule has 0 aliphatic heterocycles. The Kier molecular flexibility index (Phi) is 5.74. The molecule has 4 rings (SSSR count). The van der Waals surface area contributed by atoms with Crippen LogP contribution in [0.3, 0.4) is 0 Å². The van der Waals surface area contributed by atoms with Gasteiger partial charge in [0.25, 0.3) is 0 Å². The highest BCUT2D eigenvalue weighted by atomic mass is 16.3. The van der Waals surface area contributed by atoms with Gasteiger partial charge in [0.2, 0.25) is 0 Å². The quantitative estimate of drug-likeness (QED) is 0.507. The molecular weight excluding hydrogens is 366 g/mol. The maximum absolute atomic E-state index is 11.7. The number of rotatable bonds is 5. The number of nitrogens with one attached hydrogen (secondary N) is 1. The maximum Gasteiger partial charge on any atom is 0.0607 e. The lowest BCUT2D eigenvalue weighted by Gasteiger charge is -2.64. The van der Waals surface area contributed by atoms with Gasteiger partial charge in [0, 0.05) is 22.5 Å². The fourth-order valence-corrected chi connectivity index (χ4v) is 6.96. The SMILES string of the molecule is C=C1CC[C@@]2(C)[C@H](C)CC[C@H](O)[C@@]2(CCC=C(C)C)C1Cc1c[nH]c2ccccc12. The van der Waals surface area contributed by atoms with Crippen molar-refractivity contribution >= 4 is 10.9 Å². The average Bonchev–Trinajstić information content (AvgIpc) is 3.12. The molecule has 2 aliphatic rings. The summed E-state index contributed by atoms with van der Waals surface area (Å²) in [4.78, 5) is 3.46. The van der Waals surface area contributed by atoms with Crippen LogP contribution in [0.2, 0.25) is 0 Å². The predicted molar refractivity (Wildman–Crippen MR) is 127 cm³/mol. The van der Waals surface area contributed by atoms with Crippen LogP contribution in [0.5, 0.6) is 0 Å². The van der Waals surface area contributed by atoms with E-state index in [1.165, 1.54) is 27.6 Å². The number of aromatic nitrogens is 1. The van der Waals surface area contributed by atoms with Crippen molar-refractivity contribution in [2.75, 3.05) is 0 Å². The summed E-state index contributed by atoms with van der Waals surface area (Å²) in [6.45, 7) is 13.9. The second-order valence-corrected chi connectivity index (χ2v) is 10.5. The van der Waals surface area contributed by atoms with Crippen molar-refractivity contribution < 1.29 is 5.11 Å². The van der Waals surface area contributed by atoms with Crippen molar-refractivity contribution in [3.05, 3.63) is 59.8 Å². The molecule has 2 nitrogen and oxygen atoms in total. The van der Waals surface area contributed by atoms with Crippen LogP contribution in [-0.4, -0.2) is 16.2 Å². The van der Waals surface area contributed by atoms with Crippen LogP contribution in [0.25, 0.3) is 10.9 Å². The second kappa shape index (κ2) is 8.04. The Bertz CT molecular complexity index is 948. The zero-order chi connectivity index (χ0) is 21.5. The summed E-state index contributed by atoms with van der Waals surface area (Å²) in [5.74, 6) is 0.949. The summed E-state index contributed by atoms with van der Waals surface area (Å²) in [6.07, 6.45) is 11.7. The summed E-state index contributed by atoms with van der Waals surface area (Å²) in [5, 5.41) is 13.0. The molecule has 0 bridgehead atoms. The molecule has 1 heterocycles. The monoisotopic (exact) mass is 405 g/mol. The minimum atomic E-state index is -0.253. The van der Waals surface area contributed by atoms with E-state index in [0.29, 0.717) is 11.8 Å². The van der Waals surface area contributed by atoms with E-state index in [0.717, 1.165) is 44.9 Å². The van der Waals surface area contributed by atoms with Gasteiger partial charge in [-0.1, -0.05) is 55.8 Å². The first-order valence-electron chi connectivity index (χ1n) is 11.8. The van der Waals surface area contributed by atoms with E-state index in [-0.39, 0.29) is 16.9 Å². The number of aliphatic hydroxyl groups excluding tert-OH is 1. The van der Waals surface area contributed by atoms with Gasteiger partial charge < -0.3 is 10.1 Å². The van der Waals surface area contributed by atoms with Crippen LogP contribution >= 0.6 is 0 Å². The third kappa shape index (κ3) is 3.28. The van der Waals surface area contributed by atoms with E-state index in [1.54, 1.807) is 0 Å². The van der Waals surface area contributed by atoms with Crippen molar-refractivity contribution in [1.82, 2.24) is 4.98 Å². The number of aliphatic hydroxyl groups is 1. The predicted octanol–water partition coefficient (Wildman–Crippen LogP) is 7.21. The highest BCUT2D eigenvalue weighted by Gasteiger charge is 2.62. The highest BCUT2D eigenvalue weighted by Crippen LogP contribution is 2.66. The van der Waals surface area contributed by atoms with Crippen molar-refractivity contribution in [3.8, 4) is 0 Å². The van der Waals surface area contributed by atoms with Gasteiger partial charge in [-0.2, -0.15) is 0 Å². The Balaban J connectivity index is 1.80. The Labute approximate surface area is 182 Å². The van der Waals surface area contributed by atoms with Crippen LogP contribution in [0.15, 0.2) is 54.3 Å². The summed E-state index contributed by atoms with van der Waals surface area (Å²) in [6, 6.07) is 8.59. The molecule has 2 saturated carbocycles. The molecule has 2 heteroatoms. The number of aromatic amines is 1. The zero-order valence-electron chi connectivity index (χ0n) is 19.3. The van der Waals surface area contributed by atoms with E-state index < -0.39 is 0 Å². The molecule has 0 radical (unpaired) electrons. The Morgan fingerprint density at radius 1 is 1.27 bits per heavy atom. The molecule has 2 fully saturated rings. The van der Waals surface area contributed by atoms with Crippen molar-refractivity contribution in [2.45, 2.75) is 78.7 Å². The zero-order valence-corrected chi connectivity index (χ0v) is 19.3. The largest absolute Gasteiger partial charge is 0.393 e. The topological polar surface area (TPSA) is 36.0 Å². The lowest BCUT2D eigenvalue weighted by atomic mass is 9.40. The van der Waals surface area contributed by atoms with Crippen LogP contribution < -0.4 is 0 Å². The van der Waals surface area contributed by atoms with E-state index in [4.69, 9.17) is 0 Å². The fourth-order valence-electron chi connectivity index (χ4n) is 6.96. The fraction of sp³-hybridized carbons (Fsp3) is 0.571. The molecule has 0 spiro atoms. The number of allylic oxidation sites excluding steroid dienone is 3. The first-order chi connectivity index (χ1) is 14.3. The lowest BCUT2D eigenvalue weighted by molar-refractivity contribution is -0.179. The molecule has 1 unspecified atom stereocenters. The van der Waals surface area contributed by atoms with E-state index in [1.807, 2.05) is 0 Å². The van der Waals surface area contributed by atoms with Gasteiger partial charge in [0.15, 0.2) is 0 Å². The summed E-state index contributed by atoms with van der Waals surface area (Å²) < 4.78 is 0. The molecule has 0 amide bonds. The van der Waals surface area contributed by atoms with Crippen molar-refractivity contribution in [2.24, 2.45) is 22.7 Å². The lowest BCUT2D eigenvalue weighted by Crippen LogP contribution is -2.61. The summed E-state index contributed by atoms with van der Waals surface area (Å²) >= 11 is 0. The summed E-state index contributed by atoms with van der Waals surface area (Å²) in [5.41, 5.74) is 5.33. The summed E-state index contributed by atoms with van der Waals surface area (Å²) in [7, 11) is 0. The minimum Gasteiger partial charge on any atom is -0.393 e.